The van der Waals surface area contributed by atoms with Crippen molar-refractivity contribution in [2.45, 2.75) is 68.7 Å². The zero-order chi connectivity index (χ0) is 33.8. The van der Waals surface area contributed by atoms with Crippen molar-refractivity contribution < 1.29 is 72.7 Å². The Morgan fingerprint density at radius 3 is 1.73 bits per heavy atom. The molecule has 0 saturated heterocycles. The van der Waals surface area contributed by atoms with Gasteiger partial charge in [-0.1, -0.05) is 80.2 Å². The number of H-pyrrole nitrogens is 2. The predicted octanol–water partition coefficient (Wildman–Crippen LogP) is 11.0. The van der Waals surface area contributed by atoms with Crippen LogP contribution in [-0.4, -0.2) is 59.6 Å². The molecule has 0 amide bonds. The van der Waals surface area contributed by atoms with E-state index in [1.54, 1.807) is 0 Å². The molecule has 52 heavy (non-hydrogen) atoms. The van der Waals surface area contributed by atoms with Gasteiger partial charge in [0.25, 0.3) is 0 Å². The van der Waals surface area contributed by atoms with Gasteiger partial charge in [-0.05, 0) is 53.2 Å². The van der Waals surface area contributed by atoms with E-state index in [-0.39, 0.29) is 76.1 Å². The van der Waals surface area contributed by atoms with Gasteiger partial charge in [0.15, 0.2) is 0 Å². The number of rotatable bonds is 5. The van der Waals surface area contributed by atoms with Crippen molar-refractivity contribution >= 4 is 11.0 Å². The number of nitrogens with zero attached hydrogens (tertiary/aromatic N) is 2. The normalized spacial score (nSPS) is 12.8. The molecule has 2 N–H and O–H groups in total. The van der Waals surface area contributed by atoms with Crippen molar-refractivity contribution in [1.29, 1.82) is 0 Å². The first-order chi connectivity index (χ1) is 23.0. The molecule has 282 valence electrons. The molecule has 5 aromatic rings. The van der Waals surface area contributed by atoms with Gasteiger partial charge in [-0.3, -0.25) is 4.98 Å². The SMILES string of the molecule is C.CC.CC.C[CH-]c1ncc(-c2ccc3c(c2)OCCOCCOCCOc2cc-3ccc2-c2ccc3nc([C@H](C)C(C)C)[nH]c3c2)[nH]1.[CH3-].[CH3-].[W].[Y+3]. The third kappa shape index (κ3) is 13.1. The second kappa shape index (κ2) is 26.3. The fourth-order valence-corrected chi connectivity index (χ4v) is 5.20. The number of aromatic amines is 2. The minimum Gasteiger partial charge on any atom is -0.491 e. The Kier molecular flexibility index (Phi) is 26.1. The van der Waals surface area contributed by atoms with Crippen LogP contribution >= 0.6 is 0 Å². The number of hydrogen-bond donors (Lipinski definition) is 2. The second-order valence-corrected chi connectivity index (χ2v) is 11.2. The molecule has 0 unspecified atom stereocenters. The summed E-state index contributed by atoms with van der Waals surface area (Å²) >= 11 is 0. The molecule has 0 fully saturated rings. The van der Waals surface area contributed by atoms with Crippen LogP contribution in [0.5, 0.6) is 11.5 Å². The third-order valence-electron chi connectivity index (χ3n) is 8.04. The predicted molar refractivity (Wildman–Crippen MR) is 212 cm³/mol. The number of nitrogens with one attached hydrogen (secondary N) is 2. The molecule has 2 bridgehead atoms. The van der Waals surface area contributed by atoms with Gasteiger partial charge >= 0.3 is 32.7 Å². The molecule has 1 atom stereocenters. The maximum Gasteiger partial charge on any atom is 3.00 e. The number of aromatic nitrogens is 4. The molecular weight excluding hydrogens is 897 g/mol. The largest absolute Gasteiger partial charge is 3.00 e. The number of benzene rings is 3. The van der Waals surface area contributed by atoms with Crippen LogP contribution in [0.2, 0.25) is 0 Å². The Morgan fingerprint density at radius 1 is 0.692 bits per heavy atom. The second-order valence-electron chi connectivity index (χ2n) is 11.2. The van der Waals surface area contributed by atoms with Crippen LogP contribution in [0.15, 0.2) is 60.8 Å². The van der Waals surface area contributed by atoms with Crippen molar-refractivity contribution in [3.8, 4) is 45.0 Å². The monoisotopic (exact) mass is 958 g/mol. The van der Waals surface area contributed by atoms with Gasteiger partial charge in [0.2, 0.25) is 0 Å². The fourth-order valence-electron chi connectivity index (χ4n) is 5.20. The molecule has 0 spiro atoms. The van der Waals surface area contributed by atoms with E-state index in [1.165, 1.54) is 0 Å². The summed E-state index contributed by atoms with van der Waals surface area (Å²) in [5.41, 5.74) is 7.96. The van der Waals surface area contributed by atoms with Crippen molar-refractivity contribution in [2.24, 2.45) is 5.92 Å². The maximum absolute atomic E-state index is 6.37. The first-order valence-electron chi connectivity index (χ1n) is 17.0. The maximum atomic E-state index is 6.37. The van der Waals surface area contributed by atoms with Crippen molar-refractivity contribution in [3.63, 3.8) is 0 Å². The van der Waals surface area contributed by atoms with Crippen LogP contribution in [0.3, 0.4) is 0 Å². The Hall–Kier alpha value is -2.48. The molecule has 0 aliphatic carbocycles. The topological polar surface area (TPSA) is 94.3 Å². The quantitative estimate of drug-likeness (QED) is 0.171. The van der Waals surface area contributed by atoms with Gasteiger partial charge in [0.1, 0.15) is 30.5 Å². The number of fused-ring (bicyclic) bond motifs is 5. The van der Waals surface area contributed by atoms with Crippen molar-refractivity contribution in [3.05, 3.63) is 93.7 Å². The van der Waals surface area contributed by atoms with E-state index >= 15 is 0 Å². The zero-order valence-electron chi connectivity index (χ0n) is 32.3. The van der Waals surface area contributed by atoms with Crippen LogP contribution in [-0.2, 0) is 63.2 Å². The van der Waals surface area contributed by atoms with Gasteiger partial charge in [-0.25, -0.2) is 4.98 Å². The van der Waals surface area contributed by atoms with Crippen LogP contribution in [0.4, 0.5) is 0 Å². The van der Waals surface area contributed by atoms with Gasteiger partial charge in [0, 0.05) is 49.9 Å². The number of ether oxygens (including phenoxy) is 4. The molecule has 3 aromatic carbocycles. The van der Waals surface area contributed by atoms with E-state index in [1.807, 2.05) is 47.2 Å². The molecule has 3 heterocycles. The minimum absolute atomic E-state index is 0. The summed E-state index contributed by atoms with van der Waals surface area (Å²) in [6.45, 7) is 19.4. The molecule has 0 radical (unpaired) electrons. The molecule has 0 saturated carbocycles. The summed E-state index contributed by atoms with van der Waals surface area (Å²) in [5, 5.41) is 0. The standard InChI is InChI=1S/C35H39N4O4.2C2H6.CH4.2CH3.W.Y/c1-5-34-36-21-31(37-34)26-7-10-28-25-6-9-27(24-8-11-29-30(18-24)39-35(38-29)23(4)22(2)3)32(19-25)42-16-14-40-12-13-41-15-17-43-33(28)20-26;2*1-2;;;;;/h5-11,18-23H,12-17H2,1-4H3,(H,36,37)(H,38,39);2*1-2H3;1H4;2*1H3;;/q-1;;;;2*-1;;+3/t23-;;;;;;;/m1......./s1. The summed E-state index contributed by atoms with van der Waals surface area (Å²) in [6.07, 6.45) is 3.79. The number of imidazole rings is 2. The van der Waals surface area contributed by atoms with Crippen molar-refractivity contribution in [2.75, 3.05) is 39.6 Å². The Bertz CT molecular complexity index is 1700. The average Bonchev–Trinajstić information content (AvgIpc) is 3.77. The van der Waals surface area contributed by atoms with Crippen LogP contribution in [0.25, 0.3) is 44.5 Å². The van der Waals surface area contributed by atoms with E-state index in [0.29, 0.717) is 51.5 Å². The van der Waals surface area contributed by atoms with Crippen molar-refractivity contribution in [1.82, 2.24) is 19.9 Å². The molecular formula is C42H61N4O4WY. The molecule has 1 aliphatic heterocycles. The van der Waals surface area contributed by atoms with Crippen LogP contribution < -0.4 is 9.47 Å². The van der Waals surface area contributed by atoms with E-state index in [4.69, 9.17) is 23.9 Å². The van der Waals surface area contributed by atoms with E-state index in [2.05, 4.69) is 90.3 Å². The zero-order valence-corrected chi connectivity index (χ0v) is 38.0. The molecule has 1 aliphatic rings. The first kappa shape index (κ1) is 51.6. The average molecular weight is 959 g/mol. The fraction of sp³-hybridized carbons (Fsp3) is 0.405. The van der Waals surface area contributed by atoms with Crippen LogP contribution in [0.1, 0.15) is 80.4 Å². The molecule has 6 rings (SSSR count). The molecule has 2 aromatic heterocycles. The van der Waals surface area contributed by atoms with E-state index < -0.39 is 0 Å². The summed E-state index contributed by atoms with van der Waals surface area (Å²) in [6, 6.07) is 18.9. The first-order valence-corrected chi connectivity index (χ1v) is 17.0. The van der Waals surface area contributed by atoms with Gasteiger partial charge in [-0.2, -0.15) is 6.92 Å². The summed E-state index contributed by atoms with van der Waals surface area (Å²) in [5.74, 6) is 4.25. The van der Waals surface area contributed by atoms with Crippen LogP contribution in [0, 0.1) is 27.2 Å². The molecule has 10 heteroatoms. The van der Waals surface area contributed by atoms with Gasteiger partial charge < -0.3 is 50.2 Å². The van der Waals surface area contributed by atoms with E-state index in [0.717, 1.165) is 67.7 Å². The van der Waals surface area contributed by atoms with Gasteiger partial charge in [-0.15, -0.1) is 0 Å². The Labute approximate surface area is 354 Å². The molecule has 8 nitrogen and oxygen atoms in total. The third-order valence-corrected chi connectivity index (χ3v) is 8.04. The summed E-state index contributed by atoms with van der Waals surface area (Å²) in [4.78, 5) is 16.2. The minimum atomic E-state index is 0. The van der Waals surface area contributed by atoms with E-state index in [9.17, 15) is 0 Å². The Morgan fingerprint density at radius 2 is 1.19 bits per heavy atom. The summed E-state index contributed by atoms with van der Waals surface area (Å²) < 4.78 is 24.1. The Balaban J connectivity index is 0. The number of hydrogen-bond acceptors (Lipinski definition) is 6. The smallest absolute Gasteiger partial charge is 0.491 e. The summed E-state index contributed by atoms with van der Waals surface area (Å²) in [7, 11) is 0. The van der Waals surface area contributed by atoms with Gasteiger partial charge in [0.05, 0.1) is 43.2 Å².